The number of hydrogen-bond donors (Lipinski definition) is 0. The van der Waals surface area contributed by atoms with Crippen molar-refractivity contribution < 1.29 is 4.74 Å². The lowest BCUT2D eigenvalue weighted by molar-refractivity contribution is 0.00810. The zero-order chi connectivity index (χ0) is 13.8. The molecule has 1 aromatic rings. The number of benzene rings is 1. The average molecular weight is 338 g/mol. The summed E-state index contributed by atoms with van der Waals surface area (Å²) >= 11 is 3.61. The topological polar surface area (TPSA) is 12.5 Å². The van der Waals surface area contributed by atoms with E-state index in [4.69, 9.17) is 4.74 Å². The number of rotatable bonds is 5. The largest absolute Gasteiger partial charge is 0.372 e. The van der Waals surface area contributed by atoms with E-state index in [9.17, 15) is 0 Å². The van der Waals surface area contributed by atoms with Gasteiger partial charge < -0.3 is 4.74 Å². The summed E-state index contributed by atoms with van der Waals surface area (Å²) in [5.74, 6) is 0. The molecule has 3 heteroatoms. The molecular weight excluding hydrogens is 314 g/mol. The van der Waals surface area contributed by atoms with Crippen molar-refractivity contribution in [1.82, 2.24) is 4.90 Å². The second-order valence-corrected chi connectivity index (χ2v) is 6.72. The third-order valence-electron chi connectivity index (χ3n) is 4.71. The van der Waals surface area contributed by atoms with Gasteiger partial charge in [-0.3, -0.25) is 4.90 Å². The predicted molar refractivity (Wildman–Crippen MR) is 86.5 cm³/mol. The maximum absolute atomic E-state index is 6.08. The lowest BCUT2D eigenvalue weighted by atomic mass is 9.97. The summed E-state index contributed by atoms with van der Waals surface area (Å²) in [7, 11) is 0. The third kappa shape index (κ3) is 3.26. The summed E-state index contributed by atoms with van der Waals surface area (Å²) in [5, 5.41) is 1.05. The highest BCUT2D eigenvalue weighted by molar-refractivity contribution is 9.09. The highest BCUT2D eigenvalue weighted by atomic mass is 79.9. The van der Waals surface area contributed by atoms with Crippen LogP contribution >= 0.6 is 15.9 Å². The molecule has 1 atom stereocenters. The monoisotopic (exact) mass is 337 g/mol. The van der Waals surface area contributed by atoms with Gasteiger partial charge in [0.05, 0.1) is 12.7 Å². The van der Waals surface area contributed by atoms with Crippen molar-refractivity contribution in [3.05, 3.63) is 35.4 Å². The molecule has 1 unspecified atom stereocenters. The van der Waals surface area contributed by atoms with Crippen LogP contribution in [0.2, 0.25) is 0 Å². The second kappa shape index (κ2) is 7.06. The molecule has 1 aliphatic carbocycles. The minimum absolute atomic E-state index is 0.264. The molecule has 20 heavy (non-hydrogen) atoms. The molecule has 0 N–H and O–H groups in total. The van der Waals surface area contributed by atoms with E-state index < -0.39 is 0 Å². The van der Waals surface area contributed by atoms with Gasteiger partial charge in [-0.25, -0.2) is 0 Å². The fraction of sp³-hybridized carbons (Fsp3) is 0.647. The number of ether oxygens (including phenoxy) is 1. The smallest absolute Gasteiger partial charge is 0.0954 e. The van der Waals surface area contributed by atoms with Gasteiger partial charge in [-0.15, -0.1) is 0 Å². The molecular formula is C17H24BrNO. The Morgan fingerprint density at radius 1 is 1.20 bits per heavy atom. The standard InChI is InChI=1S/C17H24BrNO/c18-10-11-19(15-6-2-3-7-15)13-17-16-8-4-1-5-14(16)9-12-20-17/h1,4-5,8,15,17H,2-3,6-7,9-13H2. The summed E-state index contributed by atoms with van der Waals surface area (Å²) in [5.41, 5.74) is 2.89. The van der Waals surface area contributed by atoms with Gasteiger partial charge in [0.1, 0.15) is 0 Å². The molecule has 1 saturated carbocycles. The van der Waals surface area contributed by atoms with Crippen LogP contribution in [0.4, 0.5) is 0 Å². The zero-order valence-electron chi connectivity index (χ0n) is 12.1. The summed E-state index contributed by atoms with van der Waals surface area (Å²) in [6.45, 7) is 3.05. The van der Waals surface area contributed by atoms with Crippen molar-refractivity contribution >= 4 is 15.9 Å². The van der Waals surface area contributed by atoms with Crippen LogP contribution in [-0.4, -0.2) is 36.0 Å². The Morgan fingerprint density at radius 2 is 2.00 bits per heavy atom. The van der Waals surface area contributed by atoms with Gasteiger partial charge in [0.2, 0.25) is 0 Å². The number of fused-ring (bicyclic) bond motifs is 1. The Bertz CT molecular complexity index is 431. The van der Waals surface area contributed by atoms with Gasteiger partial charge in [0.15, 0.2) is 0 Å². The number of hydrogen-bond acceptors (Lipinski definition) is 2. The van der Waals surface area contributed by atoms with Gasteiger partial charge in [-0.2, -0.15) is 0 Å². The minimum Gasteiger partial charge on any atom is -0.372 e. The van der Waals surface area contributed by atoms with Gasteiger partial charge in [-0.05, 0) is 30.4 Å². The third-order valence-corrected chi connectivity index (χ3v) is 5.06. The first-order chi connectivity index (χ1) is 9.88. The van der Waals surface area contributed by atoms with Crippen molar-refractivity contribution in [3.8, 4) is 0 Å². The summed E-state index contributed by atoms with van der Waals surface area (Å²) in [6, 6.07) is 9.57. The van der Waals surface area contributed by atoms with E-state index in [1.807, 2.05) is 0 Å². The molecule has 0 saturated heterocycles. The molecule has 1 heterocycles. The molecule has 1 fully saturated rings. The van der Waals surface area contributed by atoms with E-state index in [0.717, 1.165) is 37.5 Å². The van der Waals surface area contributed by atoms with Crippen LogP contribution in [0.1, 0.15) is 42.9 Å². The van der Waals surface area contributed by atoms with Crippen LogP contribution in [0.5, 0.6) is 0 Å². The molecule has 1 aliphatic heterocycles. The first-order valence-corrected chi connectivity index (χ1v) is 9.00. The Balaban J connectivity index is 1.72. The van der Waals surface area contributed by atoms with Gasteiger partial charge in [0.25, 0.3) is 0 Å². The van der Waals surface area contributed by atoms with Crippen LogP contribution < -0.4 is 0 Å². The summed E-state index contributed by atoms with van der Waals surface area (Å²) in [4.78, 5) is 2.65. The van der Waals surface area contributed by atoms with Crippen molar-refractivity contribution in [2.75, 3.05) is 25.0 Å². The van der Waals surface area contributed by atoms with Gasteiger partial charge in [0, 0.05) is 24.5 Å². The van der Waals surface area contributed by atoms with Crippen LogP contribution in [0.15, 0.2) is 24.3 Å². The number of halogens is 1. The lowest BCUT2D eigenvalue weighted by Crippen LogP contribution is -2.39. The van der Waals surface area contributed by atoms with Crippen molar-refractivity contribution in [2.45, 2.75) is 44.2 Å². The highest BCUT2D eigenvalue weighted by Crippen LogP contribution is 2.30. The maximum Gasteiger partial charge on any atom is 0.0954 e. The Morgan fingerprint density at radius 3 is 2.80 bits per heavy atom. The van der Waals surface area contributed by atoms with Crippen LogP contribution in [0.3, 0.4) is 0 Å². The fourth-order valence-corrected chi connectivity index (χ4v) is 4.10. The summed E-state index contributed by atoms with van der Waals surface area (Å²) in [6.07, 6.45) is 6.84. The predicted octanol–water partition coefficient (Wildman–Crippen LogP) is 3.94. The van der Waals surface area contributed by atoms with E-state index in [1.54, 1.807) is 0 Å². The molecule has 0 aromatic heterocycles. The van der Waals surface area contributed by atoms with Crippen LogP contribution in [0.25, 0.3) is 0 Å². The van der Waals surface area contributed by atoms with E-state index in [-0.39, 0.29) is 6.10 Å². The van der Waals surface area contributed by atoms with Crippen molar-refractivity contribution in [2.24, 2.45) is 0 Å². The van der Waals surface area contributed by atoms with E-state index >= 15 is 0 Å². The molecule has 1 aromatic carbocycles. The zero-order valence-corrected chi connectivity index (χ0v) is 13.6. The second-order valence-electron chi connectivity index (χ2n) is 5.93. The van der Waals surface area contributed by atoms with Crippen molar-refractivity contribution in [1.29, 1.82) is 0 Å². The molecule has 0 amide bonds. The van der Waals surface area contributed by atoms with E-state index in [0.29, 0.717) is 0 Å². The molecule has 110 valence electrons. The summed E-state index contributed by atoms with van der Waals surface area (Å²) < 4.78 is 6.08. The average Bonchev–Trinajstić information content (AvgIpc) is 3.01. The van der Waals surface area contributed by atoms with E-state index in [1.165, 1.54) is 36.8 Å². The Kier molecular flexibility index (Phi) is 5.14. The van der Waals surface area contributed by atoms with Crippen LogP contribution in [-0.2, 0) is 11.2 Å². The maximum atomic E-state index is 6.08. The lowest BCUT2D eigenvalue weighted by Gasteiger charge is -2.34. The molecule has 0 bridgehead atoms. The molecule has 0 spiro atoms. The minimum atomic E-state index is 0.264. The number of nitrogens with zero attached hydrogens (tertiary/aromatic N) is 1. The quantitative estimate of drug-likeness (QED) is 0.754. The normalized spacial score (nSPS) is 23.2. The number of alkyl halides is 1. The first kappa shape index (κ1) is 14.6. The molecule has 0 radical (unpaired) electrons. The molecule has 3 rings (SSSR count). The SMILES string of the molecule is BrCCN(CC1OCCc2ccccc21)C1CCCC1. The van der Waals surface area contributed by atoms with Gasteiger partial charge in [-0.1, -0.05) is 53.0 Å². The first-order valence-electron chi connectivity index (χ1n) is 7.88. The van der Waals surface area contributed by atoms with E-state index in [2.05, 4.69) is 45.1 Å². The van der Waals surface area contributed by atoms with Crippen LogP contribution in [0, 0.1) is 0 Å². The fourth-order valence-electron chi connectivity index (χ4n) is 3.64. The highest BCUT2D eigenvalue weighted by Gasteiger charge is 2.27. The molecule has 2 aliphatic rings. The Hall–Kier alpha value is -0.380. The molecule has 2 nitrogen and oxygen atoms in total. The Labute approximate surface area is 130 Å². The van der Waals surface area contributed by atoms with Crippen molar-refractivity contribution in [3.63, 3.8) is 0 Å². The van der Waals surface area contributed by atoms with Gasteiger partial charge >= 0.3 is 0 Å².